The Morgan fingerprint density at radius 2 is 1.59 bits per heavy atom. The van der Waals surface area contributed by atoms with Crippen LogP contribution in [0.2, 0.25) is 0 Å². The van der Waals surface area contributed by atoms with Crippen LogP contribution < -0.4 is 5.32 Å². The Morgan fingerprint density at radius 1 is 0.931 bits per heavy atom. The number of rotatable bonds is 7. The third-order valence-electron chi connectivity index (χ3n) is 4.68. The van der Waals surface area contributed by atoms with E-state index in [-0.39, 0.29) is 17.3 Å². The molecule has 29 heavy (non-hydrogen) atoms. The molecule has 1 amide bonds. The average molecular weight is 410 g/mol. The van der Waals surface area contributed by atoms with Crippen molar-refractivity contribution in [1.82, 2.24) is 15.3 Å². The smallest absolute Gasteiger partial charge is 0.252 e. The van der Waals surface area contributed by atoms with Crippen molar-refractivity contribution in [3.63, 3.8) is 0 Å². The molecule has 0 aliphatic rings. The van der Waals surface area contributed by atoms with E-state index in [4.69, 9.17) is 0 Å². The van der Waals surface area contributed by atoms with Crippen molar-refractivity contribution >= 4 is 15.7 Å². The van der Waals surface area contributed by atoms with E-state index in [2.05, 4.69) is 29.1 Å². The van der Waals surface area contributed by atoms with E-state index in [0.717, 1.165) is 5.56 Å². The number of hydrogen-bond donors (Lipinski definition) is 1. The summed E-state index contributed by atoms with van der Waals surface area (Å²) < 4.78 is 26.7. The van der Waals surface area contributed by atoms with Crippen LogP contribution in [0.25, 0.3) is 0 Å². The number of sulfone groups is 1. The van der Waals surface area contributed by atoms with Crippen molar-refractivity contribution in [3.05, 3.63) is 90.0 Å². The van der Waals surface area contributed by atoms with Gasteiger partial charge in [0, 0.05) is 31.3 Å². The Morgan fingerprint density at radius 3 is 2.14 bits per heavy atom. The third-order valence-corrected chi connectivity index (χ3v) is 6.80. The first-order valence-electron chi connectivity index (χ1n) is 9.31. The van der Waals surface area contributed by atoms with Crippen LogP contribution >= 0.6 is 0 Å². The van der Waals surface area contributed by atoms with E-state index >= 15 is 0 Å². The number of hydrogen-bond acceptors (Lipinski definition) is 5. The Bertz CT molecular complexity index is 1050. The summed E-state index contributed by atoms with van der Waals surface area (Å²) in [6.45, 7) is 4.03. The van der Waals surface area contributed by atoms with Gasteiger partial charge in [0.1, 0.15) is 5.25 Å². The van der Waals surface area contributed by atoms with Crippen molar-refractivity contribution in [2.45, 2.75) is 29.9 Å². The largest absolute Gasteiger partial charge is 0.350 e. The zero-order valence-corrected chi connectivity index (χ0v) is 17.1. The highest BCUT2D eigenvalue weighted by atomic mass is 32.2. The highest BCUT2D eigenvalue weighted by Gasteiger charge is 2.30. The molecule has 2 aromatic heterocycles. The van der Waals surface area contributed by atoms with Crippen molar-refractivity contribution in [1.29, 1.82) is 0 Å². The first kappa shape index (κ1) is 20.7. The Balaban J connectivity index is 1.90. The first-order chi connectivity index (χ1) is 13.9. The molecular formula is C22H23N3O3S. The highest BCUT2D eigenvalue weighted by molar-refractivity contribution is 7.91. The molecule has 1 N–H and O–H groups in total. The predicted molar refractivity (Wildman–Crippen MR) is 111 cm³/mol. The molecule has 6 nitrogen and oxygen atoms in total. The summed E-state index contributed by atoms with van der Waals surface area (Å²) in [5.74, 6) is -0.0722. The summed E-state index contributed by atoms with van der Waals surface area (Å²) in [5, 5.41) is 1.76. The van der Waals surface area contributed by atoms with Gasteiger partial charge in [0.15, 0.2) is 9.84 Å². The molecule has 3 rings (SSSR count). The lowest BCUT2D eigenvalue weighted by molar-refractivity contribution is 0.0953. The Labute approximate surface area is 171 Å². The minimum Gasteiger partial charge on any atom is -0.350 e. The maximum atomic E-state index is 13.4. The molecule has 0 saturated carbocycles. The molecule has 0 aliphatic carbocycles. The molecule has 0 saturated heterocycles. The molecule has 2 heterocycles. The van der Waals surface area contributed by atoms with E-state index in [9.17, 15) is 13.2 Å². The monoisotopic (exact) mass is 409 g/mol. The second kappa shape index (κ2) is 8.96. The van der Waals surface area contributed by atoms with E-state index < -0.39 is 15.1 Å². The van der Waals surface area contributed by atoms with Crippen molar-refractivity contribution in [2.24, 2.45) is 0 Å². The van der Waals surface area contributed by atoms with Crippen LogP contribution in [-0.4, -0.2) is 30.8 Å². The van der Waals surface area contributed by atoms with Crippen LogP contribution in [0.5, 0.6) is 0 Å². The van der Waals surface area contributed by atoms with Crippen LogP contribution in [0.15, 0.2) is 78.2 Å². The molecular weight excluding hydrogens is 386 g/mol. The number of nitrogens with one attached hydrogen (secondary N) is 1. The SMILES string of the molecule is CC(C)c1ccc(S(=O)(=O)[C@@H](CNC(=O)c2cccnc2)c2cccnc2)cc1. The summed E-state index contributed by atoms with van der Waals surface area (Å²) in [7, 11) is -3.74. The van der Waals surface area contributed by atoms with Gasteiger partial charge in [-0.2, -0.15) is 0 Å². The lowest BCUT2D eigenvalue weighted by atomic mass is 10.0. The van der Waals surface area contributed by atoms with Gasteiger partial charge in [-0.1, -0.05) is 32.0 Å². The van der Waals surface area contributed by atoms with Gasteiger partial charge in [-0.3, -0.25) is 14.8 Å². The Kier molecular flexibility index (Phi) is 6.39. The number of aromatic nitrogens is 2. The summed E-state index contributed by atoms with van der Waals surface area (Å²) in [6.07, 6.45) is 6.10. The number of carbonyl (C=O) groups is 1. The minimum atomic E-state index is -3.74. The zero-order chi connectivity index (χ0) is 20.9. The fourth-order valence-electron chi connectivity index (χ4n) is 2.96. The lowest BCUT2D eigenvalue weighted by Crippen LogP contribution is -2.32. The molecule has 1 atom stereocenters. The predicted octanol–water partition coefficient (Wildman–Crippen LogP) is 3.55. The van der Waals surface area contributed by atoms with E-state index in [1.807, 2.05) is 12.1 Å². The van der Waals surface area contributed by atoms with Gasteiger partial charge in [-0.05, 0) is 47.4 Å². The molecule has 0 fully saturated rings. The van der Waals surface area contributed by atoms with Gasteiger partial charge in [-0.15, -0.1) is 0 Å². The highest BCUT2D eigenvalue weighted by Crippen LogP contribution is 2.29. The minimum absolute atomic E-state index is 0.0757. The lowest BCUT2D eigenvalue weighted by Gasteiger charge is -2.19. The summed E-state index contributed by atoms with van der Waals surface area (Å²) >= 11 is 0. The van der Waals surface area contributed by atoms with E-state index in [1.54, 1.807) is 48.8 Å². The van der Waals surface area contributed by atoms with Crippen molar-refractivity contribution in [3.8, 4) is 0 Å². The van der Waals surface area contributed by atoms with Crippen LogP contribution in [0.3, 0.4) is 0 Å². The van der Waals surface area contributed by atoms with Crippen molar-refractivity contribution < 1.29 is 13.2 Å². The fraction of sp³-hybridized carbons (Fsp3) is 0.227. The number of amides is 1. The fourth-order valence-corrected chi connectivity index (χ4v) is 4.61. The molecule has 1 aromatic carbocycles. The van der Waals surface area contributed by atoms with Crippen LogP contribution in [0.4, 0.5) is 0 Å². The number of benzene rings is 1. The maximum Gasteiger partial charge on any atom is 0.252 e. The molecule has 0 aliphatic heterocycles. The van der Waals surface area contributed by atoms with E-state index in [0.29, 0.717) is 17.0 Å². The molecule has 0 spiro atoms. The summed E-state index contributed by atoms with van der Waals surface area (Å²) in [4.78, 5) is 20.6. The molecule has 0 radical (unpaired) electrons. The van der Waals surface area contributed by atoms with Gasteiger partial charge >= 0.3 is 0 Å². The zero-order valence-electron chi connectivity index (χ0n) is 16.3. The topological polar surface area (TPSA) is 89.0 Å². The number of carbonyl (C=O) groups excluding carboxylic acids is 1. The molecule has 0 unspecified atom stereocenters. The van der Waals surface area contributed by atoms with Gasteiger partial charge < -0.3 is 5.32 Å². The number of pyridine rings is 2. The van der Waals surface area contributed by atoms with Gasteiger partial charge in [0.25, 0.3) is 5.91 Å². The third kappa shape index (κ3) is 4.86. The van der Waals surface area contributed by atoms with Gasteiger partial charge in [-0.25, -0.2) is 8.42 Å². The number of nitrogens with zero attached hydrogens (tertiary/aromatic N) is 2. The maximum absolute atomic E-state index is 13.4. The average Bonchev–Trinajstić information content (AvgIpc) is 2.75. The van der Waals surface area contributed by atoms with Crippen molar-refractivity contribution in [2.75, 3.05) is 6.54 Å². The normalized spacial score (nSPS) is 12.5. The van der Waals surface area contributed by atoms with Crippen LogP contribution in [0.1, 0.15) is 46.5 Å². The quantitative estimate of drug-likeness (QED) is 0.645. The second-order valence-corrected chi connectivity index (χ2v) is 9.13. The molecule has 0 bridgehead atoms. The van der Waals surface area contributed by atoms with Crippen LogP contribution in [0, 0.1) is 0 Å². The summed E-state index contributed by atoms with van der Waals surface area (Å²) in [6, 6.07) is 13.6. The second-order valence-electron chi connectivity index (χ2n) is 7.00. The van der Waals surface area contributed by atoms with E-state index in [1.165, 1.54) is 12.4 Å². The standard InChI is InChI=1S/C22H23N3O3S/c1-16(2)17-7-9-20(10-8-17)29(27,28)21(18-5-3-11-23-13-18)15-25-22(26)19-6-4-12-24-14-19/h3-14,16,21H,15H2,1-2H3,(H,25,26)/t21-/m0/s1. The Hall–Kier alpha value is -3.06. The molecule has 7 heteroatoms. The van der Waals surface area contributed by atoms with Gasteiger partial charge in [0.05, 0.1) is 10.5 Å². The summed E-state index contributed by atoms with van der Waals surface area (Å²) in [5.41, 5.74) is 1.95. The first-order valence-corrected chi connectivity index (χ1v) is 10.9. The molecule has 150 valence electrons. The van der Waals surface area contributed by atoms with Gasteiger partial charge in [0.2, 0.25) is 0 Å². The molecule has 3 aromatic rings. The van der Waals surface area contributed by atoms with Crippen LogP contribution in [-0.2, 0) is 9.84 Å².